The van der Waals surface area contributed by atoms with Gasteiger partial charge in [-0.05, 0) is 47.2 Å². The third-order valence-corrected chi connectivity index (χ3v) is 4.18. The molecule has 0 saturated carbocycles. The van der Waals surface area contributed by atoms with Crippen molar-refractivity contribution in [3.63, 3.8) is 0 Å². The summed E-state index contributed by atoms with van der Waals surface area (Å²) in [4.78, 5) is 22.5. The van der Waals surface area contributed by atoms with Crippen molar-refractivity contribution in [1.82, 2.24) is 0 Å². The number of hydrogen-bond donors (Lipinski definition) is 0. The van der Waals surface area contributed by atoms with Crippen LogP contribution in [0.2, 0.25) is 0 Å². The summed E-state index contributed by atoms with van der Waals surface area (Å²) < 4.78 is 2.03. The molecule has 4 heteroatoms. The van der Waals surface area contributed by atoms with Gasteiger partial charge in [-0.25, -0.2) is 0 Å². The maximum absolute atomic E-state index is 11.2. The lowest BCUT2D eigenvalue weighted by molar-refractivity contribution is 1.80. The molecule has 3 aromatic rings. The molecule has 0 aliphatic carbocycles. The lowest BCUT2D eigenvalue weighted by Crippen LogP contribution is -1.91. The van der Waals surface area contributed by atoms with Crippen molar-refractivity contribution in [2.75, 3.05) is 0 Å². The van der Waals surface area contributed by atoms with Gasteiger partial charge in [0.2, 0.25) is 9.48 Å². The van der Waals surface area contributed by atoms with Gasteiger partial charge in [-0.3, -0.25) is 9.59 Å². The van der Waals surface area contributed by atoms with Crippen LogP contribution in [0.5, 0.6) is 0 Å². The SMILES string of the molecule is O=c1ccc2cc3sc(=O)ccc3cc2s1. The summed E-state index contributed by atoms with van der Waals surface area (Å²) in [6, 6.07) is 10.7. The smallest absolute Gasteiger partial charge is 0.232 e. The van der Waals surface area contributed by atoms with E-state index in [2.05, 4.69) is 0 Å². The summed E-state index contributed by atoms with van der Waals surface area (Å²) in [7, 11) is 0. The molecule has 2 aromatic heterocycles. The Bertz CT molecular complexity index is 730. The van der Waals surface area contributed by atoms with Crippen molar-refractivity contribution in [2.24, 2.45) is 0 Å². The first-order chi connectivity index (χ1) is 7.72. The fourth-order valence-electron chi connectivity index (χ4n) is 1.63. The van der Waals surface area contributed by atoms with Crippen LogP contribution in [-0.4, -0.2) is 0 Å². The van der Waals surface area contributed by atoms with Crippen molar-refractivity contribution < 1.29 is 0 Å². The minimum Gasteiger partial charge on any atom is -0.278 e. The predicted molar refractivity (Wildman–Crippen MR) is 69.7 cm³/mol. The molecule has 0 aliphatic rings. The van der Waals surface area contributed by atoms with E-state index in [0.29, 0.717) is 0 Å². The van der Waals surface area contributed by atoms with Crippen molar-refractivity contribution in [3.05, 3.63) is 55.5 Å². The van der Waals surface area contributed by atoms with Crippen LogP contribution in [0.15, 0.2) is 46.0 Å². The molecular weight excluding hydrogens is 240 g/mol. The van der Waals surface area contributed by atoms with Crippen LogP contribution in [0.3, 0.4) is 0 Å². The molecule has 2 heterocycles. The van der Waals surface area contributed by atoms with E-state index in [1.165, 1.54) is 22.7 Å². The quantitative estimate of drug-likeness (QED) is 0.572. The molecule has 0 N–H and O–H groups in total. The Labute approximate surface area is 98.4 Å². The van der Waals surface area contributed by atoms with Gasteiger partial charge >= 0.3 is 0 Å². The van der Waals surface area contributed by atoms with E-state index >= 15 is 0 Å². The van der Waals surface area contributed by atoms with Gasteiger partial charge in [0.25, 0.3) is 0 Å². The van der Waals surface area contributed by atoms with Gasteiger partial charge < -0.3 is 0 Å². The average molecular weight is 246 g/mol. The van der Waals surface area contributed by atoms with Crippen molar-refractivity contribution in [3.8, 4) is 0 Å². The summed E-state index contributed by atoms with van der Waals surface area (Å²) in [6.07, 6.45) is 0. The van der Waals surface area contributed by atoms with E-state index in [4.69, 9.17) is 0 Å². The first kappa shape index (κ1) is 9.69. The summed E-state index contributed by atoms with van der Waals surface area (Å²) in [5, 5.41) is 2.03. The van der Waals surface area contributed by atoms with E-state index < -0.39 is 0 Å². The number of hydrogen-bond acceptors (Lipinski definition) is 4. The Kier molecular flexibility index (Phi) is 2.12. The fourth-order valence-corrected chi connectivity index (χ4v) is 3.20. The van der Waals surface area contributed by atoms with Crippen LogP contribution >= 0.6 is 22.7 Å². The predicted octanol–water partition coefficient (Wildman–Crippen LogP) is 2.84. The summed E-state index contributed by atoms with van der Waals surface area (Å²) in [5.74, 6) is 0. The second kappa shape index (κ2) is 3.50. The lowest BCUT2D eigenvalue weighted by atomic mass is 10.2. The molecule has 0 fully saturated rings. The highest BCUT2D eigenvalue weighted by Crippen LogP contribution is 2.24. The zero-order chi connectivity index (χ0) is 11.1. The first-order valence-corrected chi connectivity index (χ1v) is 6.33. The Morgan fingerprint density at radius 3 is 1.56 bits per heavy atom. The lowest BCUT2D eigenvalue weighted by Gasteiger charge is -1.98. The molecule has 0 radical (unpaired) electrons. The third kappa shape index (κ3) is 1.56. The normalized spacial score (nSPS) is 11.0. The number of fused-ring (bicyclic) bond motifs is 2. The Hall–Kier alpha value is -1.52. The third-order valence-electron chi connectivity index (χ3n) is 2.36. The van der Waals surface area contributed by atoms with Gasteiger partial charge in [-0.15, -0.1) is 0 Å². The topological polar surface area (TPSA) is 34.1 Å². The summed E-state index contributed by atoms with van der Waals surface area (Å²) in [5.41, 5.74) is 0. The van der Waals surface area contributed by atoms with Gasteiger partial charge in [0.1, 0.15) is 0 Å². The molecule has 16 heavy (non-hydrogen) atoms. The molecule has 2 nitrogen and oxygen atoms in total. The molecule has 0 spiro atoms. The molecule has 1 aromatic carbocycles. The summed E-state index contributed by atoms with van der Waals surface area (Å²) in [6.45, 7) is 0. The van der Waals surface area contributed by atoms with Crippen LogP contribution in [0.25, 0.3) is 20.2 Å². The molecule has 3 rings (SSSR count). The van der Waals surface area contributed by atoms with Gasteiger partial charge in [-0.1, -0.05) is 22.7 Å². The standard InChI is InChI=1S/C12H6O2S2/c13-11-3-1-7-5-10-8(6-9(7)15-11)2-4-12(14)16-10/h1-6H. The highest BCUT2D eigenvalue weighted by Gasteiger charge is 2.00. The van der Waals surface area contributed by atoms with Crippen LogP contribution in [-0.2, 0) is 0 Å². The second-order valence-electron chi connectivity index (χ2n) is 3.44. The maximum atomic E-state index is 11.2. The Balaban J connectivity index is 2.53. The van der Waals surface area contributed by atoms with Gasteiger partial charge in [0.15, 0.2) is 0 Å². The van der Waals surface area contributed by atoms with E-state index in [1.54, 1.807) is 24.3 Å². The second-order valence-corrected chi connectivity index (χ2v) is 5.53. The molecule has 0 atom stereocenters. The van der Waals surface area contributed by atoms with Gasteiger partial charge in [-0.2, -0.15) is 0 Å². The molecule has 0 unspecified atom stereocenters. The van der Waals surface area contributed by atoms with Crippen LogP contribution in [0, 0.1) is 0 Å². The van der Waals surface area contributed by atoms with Crippen molar-refractivity contribution >= 4 is 42.8 Å². The molecule has 0 amide bonds. The van der Waals surface area contributed by atoms with Crippen LogP contribution < -0.4 is 9.48 Å². The van der Waals surface area contributed by atoms with E-state index in [-0.39, 0.29) is 9.48 Å². The fraction of sp³-hybridized carbons (Fsp3) is 0. The van der Waals surface area contributed by atoms with Crippen LogP contribution in [0.4, 0.5) is 0 Å². The highest BCUT2D eigenvalue weighted by atomic mass is 32.1. The summed E-state index contributed by atoms with van der Waals surface area (Å²) >= 11 is 2.46. The molecule has 0 saturated heterocycles. The average Bonchev–Trinajstić information content (AvgIpc) is 2.26. The largest absolute Gasteiger partial charge is 0.278 e. The first-order valence-electron chi connectivity index (χ1n) is 4.70. The van der Waals surface area contributed by atoms with Crippen molar-refractivity contribution in [2.45, 2.75) is 0 Å². The molecule has 78 valence electrons. The Morgan fingerprint density at radius 2 is 1.12 bits per heavy atom. The zero-order valence-corrected chi connectivity index (χ0v) is 9.73. The maximum Gasteiger partial charge on any atom is 0.232 e. The van der Waals surface area contributed by atoms with E-state index in [1.807, 2.05) is 12.1 Å². The number of rotatable bonds is 0. The van der Waals surface area contributed by atoms with Crippen molar-refractivity contribution in [1.29, 1.82) is 0 Å². The number of benzene rings is 1. The van der Waals surface area contributed by atoms with Gasteiger partial charge in [0.05, 0.1) is 0 Å². The molecular formula is C12H6O2S2. The Morgan fingerprint density at radius 1 is 0.688 bits per heavy atom. The molecule has 0 aliphatic heterocycles. The zero-order valence-electron chi connectivity index (χ0n) is 8.10. The highest BCUT2D eigenvalue weighted by molar-refractivity contribution is 7.17. The molecule has 0 bridgehead atoms. The van der Waals surface area contributed by atoms with Crippen LogP contribution in [0.1, 0.15) is 0 Å². The minimum absolute atomic E-state index is 0.0518. The van der Waals surface area contributed by atoms with E-state index in [0.717, 1.165) is 20.2 Å². The van der Waals surface area contributed by atoms with Gasteiger partial charge in [0, 0.05) is 9.40 Å². The minimum atomic E-state index is 0.0518. The van der Waals surface area contributed by atoms with E-state index in [9.17, 15) is 9.59 Å². The monoisotopic (exact) mass is 246 g/mol.